The number of H-pyrrole nitrogens is 1. The molecule has 5 aliphatic rings. The van der Waals surface area contributed by atoms with Gasteiger partial charge in [0, 0.05) is 90.9 Å². The van der Waals surface area contributed by atoms with Crippen LogP contribution >= 0.6 is 0 Å². The molecule has 80 heavy (non-hydrogen) atoms. The van der Waals surface area contributed by atoms with Gasteiger partial charge in [0.1, 0.15) is 11.2 Å². The van der Waals surface area contributed by atoms with Crippen molar-refractivity contribution in [3.05, 3.63) is 137 Å². The van der Waals surface area contributed by atoms with E-state index >= 15 is 4.79 Å². The fraction of sp³-hybridized carbons (Fsp3) is 0.500. The van der Waals surface area contributed by atoms with Crippen LogP contribution in [0.4, 0.5) is 5.69 Å². The quantitative estimate of drug-likeness (QED) is 0.0315. The van der Waals surface area contributed by atoms with Crippen LogP contribution in [-0.2, 0) is 71.1 Å². The average molecular weight is 1130 g/mol. The number of ether oxygens (including phenoxy) is 4. The Bertz CT molecular complexity index is 3330. The molecular formula is C62H78N4O12SSi. The summed E-state index contributed by atoms with van der Waals surface area (Å²) in [6, 6.07) is 27.5. The van der Waals surface area contributed by atoms with Crippen molar-refractivity contribution < 1.29 is 55.5 Å². The Kier molecular flexibility index (Phi) is 15.2. The predicted octanol–water partition coefficient (Wildman–Crippen LogP) is 8.36. The van der Waals surface area contributed by atoms with Gasteiger partial charge in [-0.15, -0.1) is 0 Å². The third-order valence-corrected chi connectivity index (χ3v) is 20.5. The van der Waals surface area contributed by atoms with Gasteiger partial charge in [0.25, 0.3) is 10.1 Å². The molecular weight excluding hydrogens is 1050 g/mol. The highest BCUT2D eigenvalue weighted by Gasteiger charge is 2.80. The second-order valence-electron chi connectivity index (χ2n) is 24.3. The van der Waals surface area contributed by atoms with Gasteiger partial charge in [0.2, 0.25) is 5.60 Å². The number of aromatic nitrogens is 1. The van der Waals surface area contributed by atoms with Crippen LogP contribution in [0.3, 0.4) is 0 Å². The number of para-hydroxylation sites is 1. The van der Waals surface area contributed by atoms with E-state index in [1.807, 2.05) is 87.3 Å². The molecule has 18 heteroatoms. The third-order valence-electron chi connectivity index (χ3n) is 18.1. The van der Waals surface area contributed by atoms with Gasteiger partial charge in [-0.25, -0.2) is 4.79 Å². The molecule has 1 spiro atoms. The van der Waals surface area contributed by atoms with Crippen molar-refractivity contribution >= 4 is 52.9 Å². The SMILES string of the molecule is CC[C@]12C=CCN3CC[C@@]4(c5cc([C@]6(C(=O)OC)C[C@H](C[C@@](C)(COS(=O)(=O)c7ccc(C)cc7)O[Si](C)(C)C)CN(Cc7ccccc7)CCc7c6[nH]c6ccccc76)c(OC)cc5N(C)[C@H]4[C@@](O)(C(=O)OC)[C@@H]1OC(C)=O)[C@@H]32. The molecule has 0 radical (unpaired) electrons. The Balaban J connectivity index is 1.23. The molecule has 4 aliphatic heterocycles. The first-order valence-electron chi connectivity index (χ1n) is 27.9. The van der Waals surface area contributed by atoms with Crippen LogP contribution in [0.2, 0.25) is 19.6 Å². The van der Waals surface area contributed by atoms with E-state index in [0.29, 0.717) is 74.7 Å². The molecule has 5 aromatic rings. The van der Waals surface area contributed by atoms with Gasteiger partial charge in [-0.05, 0) is 119 Å². The summed E-state index contributed by atoms with van der Waals surface area (Å²) in [5.41, 5.74) is -0.939. The fourth-order valence-corrected chi connectivity index (χ4v) is 18.2. The number of carbonyl (C=O) groups excluding carboxylic acids is 3. The van der Waals surface area contributed by atoms with Crippen molar-refractivity contribution in [3.8, 4) is 5.75 Å². The number of fused-ring (bicyclic) bond motifs is 4. The van der Waals surface area contributed by atoms with Crippen LogP contribution in [0.25, 0.3) is 10.9 Å². The predicted molar refractivity (Wildman–Crippen MR) is 308 cm³/mol. The summed E-state index contributed by atoms with van der Waals surface area (Å²) in [5, 5.41) is 14.6. The van der Waals surface area contributed by atoms with Crippen LogP contribution in [0.15, 0.2) is 108 Å². The summed E-state index contributed by atoms with van der Waals surface area (Å²) in [6.45, 7) is 15.8. The molecule has 1 aromatic heterocycles. The molecule has 2 fully saturated rings. The molecule has 10 rings (SSSR count). The minimum absolute atomic E-state index is 0.0396. The van der Waals surface area contributed by atoms with E-state index in [9.17, 15) is 23.1 Å². The van der Waals surface area contributed by atoms with Crippen molar-refractivity contribution in [1.29, 1.82) is 0 Å². The third kappa shape index (κ3) is 9.39. The number of carbonyl (C=O) groups is 3. The van der Waals surface area contributed by atoms with E-state index in [1.54, 1.807) is 31.4 Å². The second-order valence-corrected chi connectivity index (χ2v) is 30.3. The summed E-state index contributed by atoms with van der Waals surface area (Å²) >= 11 is 0. The van der Waals surface area contributed by atoms with E-state index < -0.39 is 87.9 Å². The van der Waals surface area contributed by atoms with E-state index in [1.165, 1.54) is 21.1 Å². The summed E-state index contributed by atoms with van der Waals surface area (Å²) in [7, 11) is -0.667. The van der Waals surface area contributed by atoms with Crippen LogP contribution < -0.4 is 9.64 Å². The summed E-state index contributed by atoms with van der Waals surface area (Å²) < 4.78 is 66.0. The first-order chi connectivity index (χ1) is 37.9. The number of aromatic amines is 1. The van der Waals surface area contributed by atoms with E-state index in [2.05, 4.69) is 58.7 Å². The van der Waals surface area contributed by atoms with E-state index in [0.717, 1.165) is 33.2 Å². The number of likely N-dealkylation sites (N-methyl/N-ethyl adjacent to an activating group) is 1. The maximum absolute atomic E-state index is 16.2. The Morgan fingerprint density at radius 1 is 0.900 bits per heavy atom. The average Bonchev–Trinajstić information content (AvgIpc) is 4.24. The molecule has 2 N–H and O–H groups in total. The van der Waals surface area contributed by atoms with E-state index in [-0.39, 0.29) is 24.3 Å². The first-order valence-corrected chi connectivity index (χ1v) is 32.7. The van der Waals surface area contributed by atoms with Crippen LogP contribution in [0, 0.1) is 18.3 Å². The topological polar surface area (TPSA) is 186 Å². The highest BCUT2D eigenvalue weighted by molar-refractivity contribution is 7.86. The highest BCUT2D eigenvalue weighted by Crippen LogP contribution is 2.68. The normalized spacial score (nSPS) is 28.3. The Hall–Kier alpha value is -5.86. The number of hydrogen-bond donors (Lipinski definition) is 2. The fourth-order valence-electron chi connectivity index (χ4n) is 15.5. The minimum atomic E-state index is -4.24. The maximum atomic E-state index is 16.2. The zero-order valence-electron chi connectivity index (χ0n) is 48.1. The van der Waals surface area contributed by atoms with Gasteiger partial charge in [-0.2, -0.15) is 8.42 Å². The molecule has 1 saturated heterocycles. The standard InChI is InChI=1S/C62H78N4O12SSi/c1-12-59-28-18-30-66-32-29-60(53(59)66)47-33-48(51(73-6)34-50(47)64(5)54(60)62(70,57(69)75-8)55(59)77-41(3)67)61(56(68)74-7)36-43(35-58(4,78-80(9,10)11)39-76-79(71,72)44-25-23-40(2)24-26-44)38-65(37-42-19-14-13-15-20-42)31-27-46-45-21-16-17-22-49(45)63-52(46)61/h13-26,28,33-34,43,53-55,63,70H,12,27,29-32,35-39H2,1-11H3/t43-,53-,54+,55+,58-,59+,60+,61+,62-/m0/s1. The number of benzene rings is 4. The van der Waals surface area contributed by atoms with Crippen molar-refractivity contribution in [3.63, 3.8) is 0 Å². The maximum Gasteiger partial charge on any atom is 0.344 e. The van der Waals surface area contributed by atoms with Crippen molar-refractivity contribution in [1.82, 2.24) is 14.8 Å². The van der Waals surface area contributed by atoms with E-state index in [4.69, 9.17) is 27.6 Å². The van der Waals surface area contributed by atoms with Gasteiger partial charge in [0.05, 0.1) is 44.5 Å². The number of hydrogen-bond acceptors (Lipinski definition) is 15. The van der Waals surface area contributed by atoms with Gasteiger partial charge in [0.15, 0.2) is 14.4 Å². The monoisotopic (exact) mass is 1130 g/mol. The summed E-state index contributed by atoms with van der Waals surface area (Å²) in [6.07, 6.45) is 4.55. The number of nitrogens with one attached hydrogen (secondary N) is 1. The summed E-state index contributed by atoms with van der Waals surface area (Å²) in [5.74, 6) is -2.17. The van der Waals surface area contributed by atoms with Gasteiger partial charge >= 0.3 is 17.9 Å². The molecule has 9 atom stereocenters. The lowest BCUT2D eigenvalue weighted by Gasteiger charge is -2.63. The van der Waals surface area contributed by atoms with Crippen LogP contribution in [0.1, 0.15) is 80.0 Å². The Morgan fingerprint density at radius 2 is 1.60 bits per heavy atom. The Labute approximate surface area is 471 Å². The van der Waals surface area contributed by atoms with Crippen molar-refractivity contribution in [2.75, 3.05) is 66.1 Å². The van der Waals surface area contributed by atoms with Gasteiger partial charge in [-0.1, -0.05) is 85.3 Å². The van der Waals surface area contributed by atoms with Gasteiger partial charge in [-0.3, -0.25) is 23.6 Å². The number of esters is 3. The molecule has 1 aliphatic carbocycles. The summed E-state index contributed by atoms with van der Waals surface area (Å²) in [4.78, 5) is 54.8. The van der Waals surface area contributed by atoms with Crippen LogP contribution in [-0.4, -0.2) is 145 Å². The molecule has 1 saturated carbocycles. The number of anilines is 1. The second kappa shape index (κ2) is 21.2. The largest absolute Gasteiger partial charge is 0.496 e. The smallest absolute Gasteiger partial charge is 0.344 e. The highest BCUT2D eigenvalue weighted by atomic mass is 32.2. The first kappa shape index (κ1) is 57.4. The van der Waals surface area contributed by atoms with Crippen molar-refractivity contribution in [2.45, 2.75) is 131 Å². The molecule has 4 aromatic carbocycles. The molecule has 0 unspecified atom stereocenters. The van der Waals surface area contributed by atoms with Crippen molar-refractivity contribution in [2.24, 2.45) is 11.3 Å². The van der Waals surface area contributed by atoms with Crippen LogP contribution in [0.5, 0.6) is 5.75 Å². The number of aliphatic hydroxyl groups is 1. The van der Waals surface area contributed by atoms with Gasteiger partial charge < -0.3 is 38.4 Å². The number of rotatable bonds is 16. The zero-order chi connectivity index (χ0) is 57.4. The Morgan fingerprint density at radius 3 is 2.26 bits per heavy atom. The number of nitrogens with zero attached hydrogens (tertiary/aromatic N) is 3. The molecule has 5 heterocycles. The lowest BCUT2D eigenvalue weighted by atomic mass is 9.47. The number of methoxy groups -OCH3 is 3. The lowest BCUT2D eigenvalue weighted by Crippen LogP contribution is -2.81. The zero-order valence-corrected chi connectivity index (χ0v) is 49.9. The molecule has 0 bridgehead atoms. The molecule has 16 nitrogen and oxygen atoms in total. The minimum Gasteiger partial charge on any atom is -0.496 e. The lowest BCUT2D eigenvalue weighted by molar-refractivity contribution is -0.228. The molecule has 0 amide bonds. The number of aryl methyl sites for hydroxylation is 1. The molecule has 428 valence electrons.